The molecular formula is C18H26ClN3O3. The summed E-state index contributed by atoms with van der Waals surface area (Å²) in [5, 5.41) is 2.82. The maximum absolute atomic E-state index is 12.6. The zero-order valence-corrected chi connectivity index (χ0v) is 15.8. The van der Waals surface area contributed by atoms with Gasteiger partial charge in [0.15, 0.2) is 0 Å². The molecule has 1 aliphatic rings. The lowest BCUT2D eigenvalue weighted by atomic mass is 10.0. The van der Waals surface area contributed by atoms with Crippen molar-refractivity contribution in [2.24, 2.45) is 0 Å². The SMILES string of the molecule is CN(C)CCN(C)C(=O)c1ccc(C(=O)Cl)c(NC2CCOCC2)c1. The summed E-state index contributed by atoms with van der Waals surface area (Å²) in [5.41, 5.74) is 1.54. The third-order valence-corrected chi connectivity index (χ3v) is 4.49. The first kappa shape index (κ1) is 19.7. The number of likely N-dealkylation sites (N-methyl/N-ethyl adjacent to an activating group) is 2. The van der Waals surface area contributed by atoms with Crippen molar-refractivity contribution in [3.8, 4) is 0 Å². The molecule has 1 fully saturated rings. The summed E-state index contributed by atoms with van der Waals surface area (Å²) in [7, 11) is 5.71. The second-order valence-corrected chi connectivity index (χ2v) is 6.94. The molecule has 0 atom stereocenters. The molecule has 0 spiro atoms. The van der Waals surface area contributed by atoms with Crippen molar-refractivity contribution in [2.75, 3.05) is 52.8 Å². The first-order valence-electron chi connectivity index (χ1n) is 8.47. The Balaban J connectivity index is 2.17. The molecule has 0 bridgehead atoms. The van der Waals surface area contributed by atoms with Crippen LogP contribution >= 0.6 is 11.6 Å². The van der Waals surface area contributed by atoms with Gasteiger partial charge in [-0.1, -0.05) is 0 Å². The van der Waals surface area contributed by atoms with E-state index < -0.39 is 5.24 Å². The molecule has 138 valence electrons. The molecule has 0 radical (unpaired) electrons. The van der Waals surface area contributed by atoms with Gasteiger partial charge in [-0.25, -0.2) is 0 Å². The molecule has 1 aromatic carbocycles. The molecule has 2 rings (SSSR count). The van der Waals surface area contributed by atoms with Gasteiger partial charge >= 0.3 is 0 Å². The van der Waals surface area contributed by atoms with E-state index >= 15 is 0 Å². The van der Waals surface area contributed by atoms with E-state index in [1.165, 1.54) is 0 Å². The van der Waals surface area contributed by atoms with Gasteiger partial charge in [-0.3, -0.25) is 9.59 Å². The van der Waals surface area contributed by atoms with Gasteiger partial charge in [-0.2, -0.15) is 0 Å². The van der Waals surface area contributed by atoms with Crippen molar-refractivity contribution in [3.63, 3.8) is 0 Å². The lowest BCUT2D eigenvalue weighted by Gasteiger charge is -2.25. The molecule has 1 amide bonds. The largest absolute Gasteiger partial charge is 0.381 e. The Morgan fingerprint density at radius 3 is 2.48 bits per heavy atom. The van der Waals surface area contributed by atoms with Crippen molar-refractivity contribution in [1.29, 1.82) is 0 Å². The number of anilines is 1. The fraction of sp³-hybridized carbons (Fsp3) is 0.556. The van der Waals surface area contributed by atoms with Gasteiger partial charge in [0.05, 0.1) is 5.56 Å². The summed E-state index contributed by atoms with van der Waals surface area (Å²) in [4.78, 5) is 28.0. The van der Waals surface area contributed by atoms with Gasteiger partial charge in [0.1, 0.15) is 0 Å². The standard InChI is InChI=1S/C18H26ClN3O3/c1-21(2)8-9-22(3)18(24)13-4-5-15(17(19)23)16(12-13)20-14-6-10-25-11-7-14/h4-5,12,14,20H,6-11H2,1-3H3. The number of rotatable bonds is 7. The molecule has 25 heavy (non-hydrogen) atoms. The molecule has 1 aliphatic heterocycles. The number of amides is 1. The second kappa shape index (κ2) is 9.17. The minimum atomic E-state index is -0.533. The van der Waals surface area contributed by atoms with Crippen LogP contribution in [0.2, 0.25) is 0 Å². The smallest absolute Gasteiger partial charge is 0.254 e. The van der Waals surface area contributed by atoms with E-state index in [0.29, 0.717) is 36.6 Å². The number of carbonyl (C=O) groups excluding carboxylic acids is 2. The Labute approximate surface area is 154 Å². The second-order valence-electron chi connectivity index (χ2n) is 6.60. The Morgan fingerprint density at radius 2 is 1.88 bits per heavy atom. The van der Waals surface area contributed by atoms with Crippen molar-refractivity contribution in [3.05, 3.63) is 29.3 Å². The Hall–Kier alpha value is -1.63. The average molecular weight is 368 g/mol. The van der Waals surface area contributed by atoms with Crippen LogP contribution in [0.15, 0.2) is 18.2 Å². The zero-order valence-electron chi connectivity index (χ0n) is 15.0. The van der Waals surface area contributed by atoms with Gasteiger partial charge in [0.2, 0.25) is 0 Å². The molecule has 0 aliphatic carbocycles. The van der Waals surface area contributed by atoms with Crippen LogP contribution in [0.25, 0.3) is 0 Å². The highest BCUT2D eigenvalue weighted by Crippen LogP contribution is 2.23. The van der Waals surface area contributed by atoms with Gasteiger partial charge in [-0.15, -0.1) is 0 Å². The maximum Gasteiger partial charge on any atom is 0.254 e. The molecule has 7 heteroatoms. The normalized spacial score (nSPS) is 15.2. The molecule has 1 aromatic rings. The lowest BCUT2D eigenvalue weighted by Crippen LogP contribution is -2.33. The van der Waals surface area contributed by atoms with Crippen LogP contribution in [0.4, 0.5) is 5.69 Å². The fourth-order valence-corrected chi connectivity index (χ4v) is 2.87. The van der Waals surface area contributed by atoms with Crippen LogP contribution in [-0.2, 0) is 4.74 Å². The molecule has 0 unspecified atom stereocenters. The molecule has 0 saturated carbocycles. The van der Waals surface area contributed by atoms with Crippen molar-refractivity contribution >= 4 is 28.4 Å². The Bertz CT molecular complexity index is 616. The Kier molecular flexibility index (Phi) is 7.23. The van der Waals surface area contributed by atoms with Gasteiger partial charge in [0, 0.05) is 50.6 Å². The van der Waals surface area contributed by atoms with E-state index in [2.05, 4.69) is 5.32 Å². The highest BCUT2D eigenvalue weighted by Gasteiger charge is 2.19. The first-order chi connectivity index (χ1) is 11.9. The molecule has 1 saturated heterocycles. The number of nitrogens with one attached hydrogen (secondary N) is 1. The van der Waals surface area contributed by atoms with E-state index in [9.17, 15) is 9.59 Å². The number of carbonyl (C=O) groups is 2. The van der Waals surface area contributed by atoms with Crippen molar-refractivity contribution in [1.82, 2.24) is 9.80 Å². The van der Waals surface area contributed by atoms with Crippen LogP contribution in [0.5, 0.6) is 0 Å². The number of benzene rings is 1. The van der Waals surface area contributed by atoms with Crippen LogP contribution in [0, 0.1) is 0 Å². The van der Waals surface area contributed by atoms with Crippen molar-refractivity contribution in [2.45, 2.75) is 18.9 Å². The summed E-state index contributed by atoms with van der Waals surface area (Å²) in [6.07, 6.45) is 1.72. The monoisotopic (exact) mass is 367 g/mol. The van der Waals surface area contributed by atoms with Crippen LogP contribution in [-0.4, -0.2) is 74.4 Å². The van der Waals surface area contributed by atoms with E-state index in [4.69, 9.17) is 16.3 Å². The number of nitrogens with zero attached hydrogens (tertiary/aromatic N) is 2. The summed E-state index contributed by atoms with van der Waals surface area (Å²) in [5.74, 6) is -0.0783. The first-order valence-corrected chi connectivity index (χ1v) is 8.84. The topological polar surface area (TPSA) is 61.9 Å². The number of hydrogen-bond acceptors (Lipinski definition) is 5. The van der Waals surface area contributed by atoms with Gasteiger partial charge in [0.25, 0.3) is 11.1 Å². The third-order valence-electron chi connectivity index (χ3n) is 4.29. The molecule has 1 N–H and O–H groups in total. The quantitative estimate of drug-likeness (QED) is 0.749. The van der Waals surface area contributed by atoms with Crippen LogP contribution < -0.4 is 5.32 Å². The van der Waals surface area contributed by atoms with E-state index in [1.807, 2.05) is 19.0 Å². The minimum Gasteiger partial charge on any atom is -0.381 e. The molecule has 1 heterocycles. The summed E-state index contributed by atoms with van der Waals surface area (Å²) < 4.78 is 5.36. The summed E-state index contributed by atoms with van der Waals surface area (Å²) in [6.45, 7) is 2.79. The van der Waals surface area contributed by atoms with Crippen molar-refractivity contribution < 1.29 is 14.3 Å². The summed E-state index contributed by atoms with van der Waals surface area (Å²) in [6, 6.07) is 5.20. The van der Waals surface area contributed by atoms with Crippen LogP contribution in [0.1, 0.15) is 33.6 Å². The summed E-state index contributed by atoms with van der Waals surface area (Å²) >= 11 is 5.70. The highest BCUT2D eigenvalue weighted by atomic mass is 35.5. The fourth-order valence-electron chi connectivity index (χ4n) is 2.70. The van der Waals surface area contributed by atoms with Crippen LogP contribution in [0.3, 0.4) is 0 Å². The minimum absolute atomic E-state index is 0.0783. The number of ether oxygens (including phenoxy) is 1. The van der Waals surface area contributed by atoms with Gasteiger partial charge in [-0.05, 0) is 56.7 Å². The van der Waals surface area contributed by atoms with E-state index in [0.717, 1.165) is 19.4 Å². The highest BCUT2D eigenvalue weighted by molar-refractivity contribution is 6.68. The number of hydrogen-bond donors (Lipinski definition) is 1. The zero-order chi connectivity index (χ0) is 18.4. The predicted molar refractivity (Wildman–Crippen MR) is 99.6 cm³/mol. The maximum atomic E-state index is 12.6. The predicted octanol–water partition coefficient (Wildman–Crippen LogP) is 2.29. The Morgan fingerprint density at radius 1 is 1.20 bits per heavy atom. The van der Waals surface area contributed by atoms with Gasteiger partial charge < -0.3 is 19.9 Å². The average Bonchev–Trinajstić information content (AvgIpc) is 2.59. The molecule has 6 nitrogen and oxygen atoms in total. The lowest BCUT2D eigenvalue weighted by molar-refractivity contribution is 0.0785. The van der Waals surface area contributed by atoms with E-state index in [1.54, 1.807) is 30.1 Å². The van der Waals surface area contributed by atoms with E-state index in [-0.39, 0.29) is 11.9 Å². The molecule has 0 aromatic heterocycles. The number of halogens is 1. The third kappa shape index (κ3) is 5.70. The molecular weight excluding hydrogens is 342 g/mol.